The van der Waals surface area contributed by atoms with Crippen molar-refractivity contribution in [3.05, 3.63) is 29.8 Å². The first kappa shape index (κ1) is 12.2. The van der Waals surface area contributed by atoms with E-state index in [1.807, 2.05) is 0 Å². The molecule has 0 aliphatic heterocycles. The van der Waals surface area contributed by atoms with Gasteiger partial charge in [-0.3, -0.25) is 9.59 Å². The summed E-state index contributed by atoms with van der Waals surface area (Å²) in [6, 6.07) is 7.44. The Morgan fingerprint density at radius 3 is 2.32 bits per heavy atom. The van der Waals surface area contributed by atoms with E-state index in [0.29, 0.717) is 17.5 Å². The number of hydrogen-bond donors (Lipinski definition) is 2. The molecule has 2 amide bonds. The lowest BCUT2D eigenvalue weighted by Crippen LogP contribution is -2.25. The Labute approximate surface area is 112 Å². The van der Waals surface area contributed by atoms with E-state index in [4.69, 9.17) is 0 Å². The molecule has 0 heterocycles. The van der Waals surface area contributed by atoms with Crippen LogP contribution in [0.3, 0.4) is 0 Å². The van der Waals surface area contributed by atoms with Crippen molar-refractivity contribution in [1.82, 2.24) is 5.32 Å². The van der Waals surface area contributed by atoms with Gasteiger partial charge >= 0.3 is 0 Å². The molecule has 4 heteroatoms. The van der Waals surface area contributed by atoms with Gasteiger partial charge in [0.2, 0.25) is 5.91 Å². The average Bonchev–Trinajstić information content (AvgIpc) is 3.28. The van der Waals surface area contributed by atoms with E-state index in [9.17, 15) is 9.59 Å². The highest BCUT2D eigenvalue weighted by Gasteiger charge is 2.39. The van der Waals surface area contributed by atoms with Crippen molar-refractivity contribution >= 4 is 17.5 Å². The van der Waals surface area contributed by atoms with Gasteiger partial charge in [0.25, 0.3) is 5.91 Å². The molecule has 0 radical (unpaired) electrons. The molecular weight excluding hydrogens is 240 g/mol. The van der Waals surface area contributed by atoms with E-state index >= 15 is 0 Å². The van der Waals surface area contributed by atoms with Crippen LogP contribution in [0.2, 0.25) is 0 Å². The first-order valence-corrected chi connectivity index (χ1v) is 6.85. The highest BCUT2D eigenvalue weighted by Crippen LogP contribution is 2.38. The van der Waals surface area contributed by atoms with E-state index in [1.54, 1.807) is 24.3 Å². The molecule has 1 aromatic carbocycles. The minimum absolute atomic E-state index is 0.0313. The summed E-state index contributed by atoms with van der Waals surface area (Å²) in [6.45, 7) is 2.08. The number of amides is 2. The van der Waals surface area contributed by atoms with Crippen molar-refractivity contribution < 1.29 is 9.59 Å². The SMILES string of the molecule is CC1CC1C(=O)Nc1ccc(C(=O)NC2CC2)cc1. The van der Waals surface area contributed by atoms with Gasteiger partial charge in [-0.1, -0.05) is 6.92 Å². The smallest absolute Gasteiger partial charge is 0.251 e. The molecule has 2 N–H and O–H groups in total. The topological polar surface area (TPSA) is 58.2 Å². The van der Waals surface area contributed by atoms with Gasteiger partial charge in [0.15, 0.2) is 0 Å². The van der Waals surface area contributed by atoms with Gasteiger partial charge in [-0.05, 0) is 49.4 Å². The number of anilines is 1. The average molecular weight is 258 g/mol. The number of rotatable bonds is 4. The van der Waals surface area contributed by atoms with Crippen molar-refractivity contribution in [3.63, 3.8) is 0 Å². The Balaban J connectivity index is 1.58. The normalized spacial score (nSPS) is 24.7. The van der Waals surface area contributed by atoms with Crippen molar-refractivity contribution in [3.8, 4) is 0 Å². The van der Waals surface area contributed by atoms with Crippen molar-refractivity contribution in [2.24, 2.45) is 11.8 Å². The second-order valence-corrected chi connectivity index (χ2v) is 5.63. The number of carbonyl (C=O) groups is 2. The standard InChI is InChI=1S/C15H18N2O2/c1-9-8-13(9)15(19)17-11-4-2-10(3-5-11)14(18)16-12-6-7-12/h2-5,9,12-13H,6-8H2,1H3,(H,16,18)(H,17,19). The summed E-state index contributed by atoms with van der Waals surface area (Å²) in [4.78, 5) is 23.6. The molecule has 0 bridgehead atoms. The maximum Gasteiger partial charge on any atom is 0.251 e. The first-order valence-electron chi connectivity index (χ1n) is 6.85. The van der Waals surface area contributed by atoms with Crippen LogP contribution in [0.25, 0.3) is 0 Å². The fraction of sp³-hybridized carbons (Fsp3) is 0.467. The highest BCUT2D eigenvalue weighted by atomic mass is 16.2. The molecule has 2 saturated carbocycles. The summed E-state index contributed by atoms with van der Waals surface area (Å²) in [5.74, 6) is 0.723. The van der Waals surface area contributed by atoms with Crippen LogP contribution in [0.1, 0.15) is 36.5 Å². The van der Waals surface area contributed by atoms with E-state index in [2.05, 4.69) is 17.6 Å². The van der Waals surface area contributed by atoms with Gasteiger partial charge in [-0.15, -0.1) is 0 Å². The number of nitrogens with one attached hydrogen (secondary N) is 2. The fourth-order valence-electron chi connectivity index (χ4n) is 2.12. The third-order valence-corrected chi connectivity index (χ3v) is 3.77. The molecule has 2 atom stereocenters. The van der Waals surface area contributed by atoms with Crippen LogP contribution >= 0.6 is 0 Å². The monoisotopic (exact) mass is 258 g/mol. The zero-order valence-corrected chi connectivity index (χ0v) is 11.0. The molecular formula is C15H18N2O2. The van der Waals surface area contributed by atoms with E-state index in [1.165, 1.54) is 0 Å². The largest absolute Gasteiger partial charge is 0.349 e. The summed E-state index contributed by atoms with van der Waals surface area (Å²) >= 11 is 0. The Kier molecular flexibility index (Phi) is 3.01. The molecule has 2 unspecified atom stereocenters. The van der Waals surface area contributed by atoms with E-state index < -0.39 is 0 Å². The minimum Gasteiger partial charge on any atom is -0.349 e. The maximum absolute atomic E-state index is 11.8. The molecule has 100 valence electrons. The Morgan fingerprint density at radius 2 is 1.79 bits per heavy atom. The van der Waals surface area contributed by atoms with Crippen LogP contribution in [-0.4, -0.2) is 17.9 Å². The lowest BCUT2D eigenvalue weighted by atomic mass is 10.2. The van der Waals surface area contributed by atoms with E-state index in [-0.39, 0.29) is 17.7 Å². The third kappa shape index (κ3) is 2.95. The molecule has 2 aliphatic carbocycles. The molecule has 2 fully saturated rings. The predicted octanol–water partition coefficient (Wildman–Crippen LogP) is 2.17. The summed E-state index contributed by atoms with van der Waals surface area (Å²) in [5.41, 5.74) is 1.40. The van der Waals surface area contributed by atoms with Crippen LogP contribution in [-0.2, 0) is 4.79 Å². The summed E-state index contributed by atoms with van der Waals surface area (Å²) in [5, 5.41) is 5.82. The highest BCUT2D eigenvalue weighted by molar-refractivity contribution is 5.97. The fourth-order valence-corrected chi connectivity index (χ4v) is 2.12. The van der Waals surface area contributed by atoms with Gasteiger partial charge in [0.05, 0.1) is 0 Å². The Hall–Kier alpha value is -1.84. The quantitative estimate of drug-likeness (QED) is 0.869. The van der Waals surface area contributed by atoms with Gasteiger partial charge in [-0.25, -0.2) is 0 Å². The van der Waals surface area contributed by atoms with Crippen LogP contribution in [0.15, 0.2) is 24.3 Å². The summed E-state index contributed by atoms with van der Waals surface area (Å²) < 4.78 is 0. The van der Waals surface area contributed by atoms with Crippen LogP contribution in [0.5, 0.6) is 0 Å². The zero-order chi connectivity index (χ0) is 13.4. The molecule has 3 rings (SSSR count). The Morgan fingerprint density at radius 1 is 1.16 bits per heavy atom. The minimum atomic E-state index is -0.0313. The first-order chi connectivity index (χ1) is 9.13. The van der Waals surface area contributed by atoms with Crippen molar-refractivity contribution in [2.45, 2.75) is 32.2 Å². The molecule has 4 nitrogen and oxygen atoms in total. The molecule has 1 aromatic rings. The zero-order valence-electron chi connectivity index (χ0n) is 11.0. The number of benzene rings is 1. The Bertz CT molecular complexity index is 505. The van der Waals surface area contributed by atoms with Crippen LogP contribution < -0.4 is 10.6 Å². The van der Waals surface area contributed by atoms with Gasteiger partial charge in [-0.2, -0.15) is 0 Å². The van der Waals surface area contributed by atoms with E-state index in [0.717, 1.165) is 24.9 Å². The third-order valence-electron chi connectivity index (χ3n) is 3.77. The van der Waals surface area contributed by atoms with Crippen molar-refractivity contribution in [1.29, 1.82) is 0 Å². The van der Waals surface area contributed by atoms with Crippen molar-refractivity contribution in [2.75, 3.05) is 5.32 Å². The van der Waals surface area contributed by atoms with Crippen LogP contribution in [0.4, 0.5) is 5.69 Å². The van der Waals surface area contributed by atoms with Crippen LogP contribution in [0, 0.1) is 11.8 Å². The second kappa shape index (κ2) is 4.68. The maximum atomic E-state index is 11.8. The lowest BCUT2D eigenvalue weighted by molar-refractivity contribution is -0.117. The predicted molar refractivity (Wildman–Crippen MR) is 72.8 cm³/mol. The summed E-state index contributed by atoms with van der Waals surface area (Å²) in [7, 11) is 0. The number of hydrogen-bond acceptors (Lipinski definition) is 2. The molecule has 0 saturated heterocycles. The molecule has 19 heavy (non-hydrogen) atoms. The molecule has 0 aromatic heterocycles. The molecule has 2 aliphatic rings. The summed E-state index contributed by atoms with van der Waals surface area (Å²) in [6.07, 6.45) is 3.15. The van der Waals surface area contributed by atoms with Gasteiger partial charge in [0.1, 0.15) is 0 Å². The molecule has 0 spiro atoms. The van der Waals surface area contributed by atoms with Gasteiger partial charge in [0, 0.05) is 23.2 Å². The van der Waals surface area contributed by atoms with Gasteiger partial charge < -0.3 is 10.6 Å². The lowest BCUT2D eigenvalue weighted by Gasteiger charge is -2.06. The number of carbonyl (C=O) groups excluding carboxylic acids is 2. The second-order valence-electron chi connectivity index (χ2n) is 5.63.